The molecule has 0 saturated heterocycles. The third kappa shape index (κ3) is 1.36. The van der Waals surface area contributed by atoms with Gasteiger partial charge in [0.15, 0.2) is 0 Å². The van der Waals surface area contributed by atoms with Gasteiger partial charge in [-0.15, -0.1) is 0 Å². The molecule has 53 valence electrons. The van der Waals surface area contributed by atoms with E-state index in [1.807, 2.05) is 18.2 Å². The highest BCUT2D eigenvalue weighted by Crippen LogP contribution is 2.07. The lowest BCUT2D eigenvalue weighted by Gasteiger charge is -2.01. The first-order chi connectivity index (χ1) is 4.88. The molecule has 0 amide bonds. The summed E-state index contributed by atoms with van der Waals surface area (Å²) >= 11 is 0. The first kappa shape index (κ1) is 7.29. The maximum absolute atomic E-state index is 8.82. The molecule has 1 aromatic carbocycles. The van der Waals surface area contributed by atoms with Crippen molar-refractivity contribution in [3.05, 3.63) is 35.4 Å². The van der Waals surface area contributed by atoms with Crippen molar-refractivity contribution in [3.8, 4) is 0 Å². The van der Waals surface area contributed by atoms with Gasteiger partial charge < -0.3 is 5.11 Å². The summed E-state index contributed by atoms with van der Waals surface area (Å²) in [7, 11) is 0. The molecular formula is C9H11O. The van der Waals surface area contributed by atoms with Gasteiger partial charge in [-0.2, -0.15) is 0 Å². The number of aliphatic hydroxyl groups excluding tert-OH is 1. The second-order valence-electron chi connectivity index (χ2n) is 2.19. The smallest absolute Gasteiger partial charge is 0.0690 e. The minimum atomic E-state index is 0.101. The maximum Gasteiger partial charge on any atom is 0.0690 e. The monoisotopic (exact) mass is 135 g/mol. The van der Waals surface area contributed by atoms with Crippen molar-refractivity contribution < 1.29 is 5.11 Å². The molecule has 0 aliphatic rings. The molecule has 1 heteroatoms. The molecular weight excluding hydrogens is 124 g/mol. The van der Waals surface area contributed by atoms with Crippen LogP contribution in [0.4, 0.5) is 0 Å². The Hall–Kier alpha value is -0.820. The molecule has 1 radical (unpaired) electrons. The molecule has 1 rings (SSSR count). The van der Waals surface area contributed by atoms with Crippen molar-refractivity contribution in [2.24, 2.45) is 0 Å². The average Bonchev–Trinajstić information content (AvgIpc) is 2.04. The fraction of sp³-hybridized carbons (Fsp3) is 0.333. The number of hydrogen-bond donors (Lipinski definition) is 1. The molecule has 1 aromatic rings. The molecule has 1 N–H and O–H groups in total. The zero-order valence-corrected chi connectivity index (χ0v) is 6.09. The van der Waals surface area contributed by atoms with Crippen molar-refractivity contribution in [2.75, 3.05) is 0 Å². The van der Waals surface area contributed by atoms with Gasteiger partial charge in [-0.05, 0) is 23.6 Å². The minimum Gasteiger partial charge on any atom is -0.392 e. The third-order valence-electron chi connectivity index (χ3n) is 1.58. The first-order valence-electron chi connectivity index (χ1n) is 3.47. The van der Waals surface area contributed by atoms with E-state index in [2.05, 4.69) is 13.0 Å². The Morgan fingerprint density at radius 1 is 1.60 bits per heavy atom. The number of aliphatic hydroxyl groups is 1. The largest absolute Gasteiger partial charge is 0.392 e. The number of aryl methyl sites for hydroxylation is 1. The lowest BCUT2D eigenvalue weighted by atomic mass is 10.1. The molecule has 0 aliphatic heterocycles. The highest BCUT2D eigenvalue weighted by atomic mass is 16.3. The zero-order valence-electron chi connectivity index (χ0n) is 6.09. The number of rotatable bonds is 2. The van der Waals surface area contributed by atoms with Crippen LogP contribution in [0.1, 0.15) is 18.1 Å². The highest BCUT2D eigenvalue weighted by Gasteiger charge is 1.95. The molecule has 10 heavy (non-hydrogen) atoms. The highest BCUT2D eigenvalue weighted by molar-refractivity contribution is 5.24. The van der Waals surface area contributed by atoms with Crippen molar-refractivity contribution in [2.45, 2.75) is 20.0 Å². The van der Waals surface area contributed by atoms with Crippen molar-refractivity contribution >= 4 is 0 Å². The fourth-order valence-corrected chi connectivity index (χ4v) is 0.985. The standard InChI is InChI=1S/C9H11O/c1-2-8-5-3-4-6-9(8)7-10/h3-5,10H,2,7H2,1H3. The summed E-state index contributed by atoms with van der Waals surface area (Å²) < 4.78 is 0. The van der Waals surface area contributed by atoms with E-state index in [0.29, 0.717) is 0 Å². The zero-order chi connectivity index (χ0) is 7.40. The van der Waals surface area contributed by atoms with Crippen LogP contribution in [0.15, 0.2) is 18.2 Å². The Bertz CT molecular complexity index is 183. The van der Waals surface area contributed by atoms with Gasteiger partial charge in [0.05, 0.1) is 6.61 Å². The molecule has 1 nitrogen and oxygen atoms in total. The molecule has 0 heterocycles. The predicted molar refractivity (Wildman–Crippen MR) is 40.6 cm³/mol. The summed E-state index contributed by atoms with van der Waals surface area (Å²) in [5.41, 5.74) is 2.11. The normalized spacial score (nSPS) is 9.80. The fourth-order valence-electron chi connectivity index (χ4n) is 0.985. The number of hydrogen-bond acceptors (Lipinski definition) is 1. The SMILES string of the molecule is CCc1ccc[c]c1CO. The summed E-state index contributed by atoms with van der Waals surface area (Å²) in [6.45, 7) is 2.17. The Kier molecular flexibility index (Phi) is 2.46. The minimum absolute atomic E-state index is 0.101. The molecule has 0 saturated carbocycles. The van der Waals surface area contributed by atoms with Gasteiger partial charge in [-0.3, -0.25) is 0 Å². The van der Waals surface area contributed by atoms with E-state index in [4.69, 9.17) is 5.11 Å². The van der Waals surface area contributed by atoms with E-state index in [1.165, 1.54) is 5.56 Å². The molecule has 0 aromatic heterocycles. The van der Waals surface area contributed by atoms with E-state index in [-0.39, 0.29) is 6.61 Å². The van der Waals surface area contributed by atoms with Crippen molar-refractivity contribution in [1.29, 1.82) is 0 Å². The summed E-state index contributed by atoms with van der Waals surface area (Å²) in [6, 6.07) is 8.77. The summed E-state index contributed by atoms with van der Waals surface area (Å²) in [5, 5.41) is 8.82. The van der Waals surface area contributed by atoms with Gasteiger partial charge in [0.25, 0.3) is 0 Å². The Morgan fingerprint density at radius 3 is 2.90 bits per heavy atom. The van der Waals surface area contributed by atoms with Gasteiger partial charge in [0, 0.05) is 0 Å². The second-order valence-corrected chi connectivity index (χ2v) is 2.19. The van der Waals surface area contributed by atoms with Gasteiger partial charge in [0.1, 0.15) is 0 Å². The van der Waals surface area contributed by atoms with E-state index >= 15 is 0 Å². The maximum atomic E-state index is 8.82. The van der Waals surface area contributed by atoms with Crippen molar-refractivity contribution in [3.63, 3.8) is 0 Å². The molecule has 0 spiro atoms. The summed E-state index contributed by atoms with van der Waals surface area (Å²) in [4.78, 5) is 0. The lowest BCUT2D eigenvalue weighted by molar-refractivity contribution is 0.280. The van der Waals surface area contributed by atoms with Crippen LogP contribution in [-0.4, -0.2) is 5.11 Å². The van der Waals surface area contributed by atoms with Crippen LogP contribution < -0.4 is 0 Å². The number of benzene rings is 1. The van der Waals surface area contributed by atoms with Gasteiger partial charge in [0.2, 0.25) is 0 Å². The van der Waals surface area contributed by atoms with E-state index in [9.17, 15) is 0 Å². The van der Waals surface area contributed by atoms with Crippen molar-refractivity contribution in [1.82, 2.24) is 0 Å². The van der Waals surface area contributed by atoms with E-state index < -0.39 is 0 Å². The average molecular weight is 135 g/mol. The van der Waals surface area contributed by atoms with Gasteiger partial charge in [-0.1, -0.05) is 25.1 Å². The topological polar surface area (TPSA) is 20.2 Å². The molecule has 0 fully saturated rings. The van der Waals surface area contributed by atoms with Crippen LogP contribution in [0, 0.1) is 6.07 Å². The summed E-state index contributed by atoms with van der Waals surface area (Å²) in [6.07, 6.45) is 0.966. The van der Waals surface area contributed by atoms with Crippen LogP contribution in [0.25, 0.3) is 0 Å². The quantitative estimate of drug-likeness (QED) is 0.652. The van der Waals surface area contributed by atoms with Crippen LogP contribution in [0.3, 0.4) is 0 Å². The summed E-state index contributed by atoms with van der Waals surface area (Å²) in [5.74, 6) is 0. The predicted octanol–water partition coefficient (Wildman–Crippen LogP) is 1.54. The van der Waals surface area contributed by atoms with E-state index in [1.54, 1.807) is 0 Å². The van der Waals surface area contributed by atoms with E-state index in [0.717, 1.165) is 12.0 Å². The molecule has 0 atom stereocenters. The lowest BCUT2D eigenvalue weighted by Crippen LogP contribution is -1.90. The van der Waals surface area contributed by atoms with Gasteiger partial charge in [-0.25, -0.2) is 0 Å². The second kappa shape index (κ2) is 3.37. The van der Waals surface area contributed by atoms with Crippen LogP contribution in [0.2, 0.25) is 0 Å². The Labute approximate surface area is 61.3 Å². The Balaban J connectivity index is 2.96. The molecule has 0 aliphatic carbocycles. The van der Waals surface area contributed by atoms with Crippen LogP contribution in [-0.2, 0) is 13.0 Å². The van der Waals surface area contributed by atoms with Gasteiger partial charge >= 0.3 is 0 Å². The van der Waals surface area contributed by atoms with Crippen LogP contribution >= 0.6 is 0 Å². The molecule has 0 bridgehead atoms. The third-order valence-corrected chi connectivity index (χ3v) is 1.58. The van der Waals surface area contributed by atoms with Crippen LogP contribution in [0.5, 0.6) is 0 Å². The first-order valence-corrected chi connectivity index (χ1v) is 3.47. The molecule has 0 unspecified atom stereocenters. The Morgan fingerprint density at radius 2 is 2.40 bits per heavy atom.